The van der Waals surface area contributed by atoms with Crippen LogP contribution in [-0.2, 0) is 23.1 Å². The van der Waals surface area contributed by atoms with Crippen LogP contribution >= 0.6 is 23.1 Å². The zero-order valence-electron chi connectivity index (χ0n) is 17.4. The molecule has 1 N–H and O–H groups in total. The van der Waals surface area contributed by atoms with Crippen molar-refractivity contribution in [2.45, 2.75) is 37.7 Å². The topological polar surface area (TPSA) is 90.3 Å². The molecule has 1 aromatic carbocycles. The number of aryl methyl sites for hydroxylation is 2. The van der Waals surface area contributed by atoms with Crippen LogP contribution in [0.15, 0.2) is 34.2 Å². The van der Waals surface area contributed by atoms with Crippen LogP contribution in [-0.4, -0.2) is 33.8 Å². The van der Waals surface area contributed by atoms with Crippen LogP contribution in [0.25, 0.3) is 10.2 Å². The van der Waals surface area contributed by atoms with Gasteiger partial charge in [-0.2, -0.15) is 0 Å². The van der Waals surface area contributed by atoms with Crippen molar-refractivity contribution in [1.82, 2.24) is 14.9 Å². The Balaban J connectivity index is 1.68. The van der Waals surface area contributed by atoms with Crippen molar-refractivity contribution in [2.24, 2.45) is 7.05 Å². The molecule has 2 heterocycles. The number of thioether (sulfide) groups is 1. The number of esters is 1. The van der Waals surface area contributed by atoms with Crippen LogP contribution < -0.4 is 10.9 Å². The van der Waals surface area contributed by atoms with E-state index in [-0.39, 0.29) is 11.5 Å². The SMILES string of the molecule is COC(=O)c1ccc(CNC(=O)C(C)Sc2nc3sc(C)c(C)c3c(=O)n2C)cc1. The Morgan fingerprint density at radius 2 is 1.93 bits per heavy atom. The second kappa shape index (κ2) is 9.01. The Hall–Kier alpha value is -2.65. The average Bonchev–Trinajstić information content (AvgIpc) is 3.03. The first-order valence-corrected chi connectivity index (χ1v) is 11.0. The molecular weight excluding hydrogens is 422 g/mol. The monoisotopic (exact) mass is 445 g/mol. The summed E-state index contributed by atoms with van der Waals surface area (Å²) in [5.41, 5.74) is 2.19. The molecule has 3 rings (SSSR count). The van der Waals surface area contributed by atoms with E-state index in [4.69, 9.17) is 0 Å². The minimum absolute atomic E-state index is 0.0948. The normalized spacial score (nSPS) is 12.0. The van der Waals surface area contributed by atoms with E-state index in [2.05, 4.69) is 15.0 Å². The first-order chi connectivity index (χ1) is 14.2. The maximum atomic E-state index is 12.7. The minimum atomic E-state index is -0.433. The number of ether oxygens (including phenoxy) is 1. The van der Waals surface area contributed by atoms with Gasteiger partial charge in [-0.15, -0.1) is 11.3 Å². The van der Waals surface area contributed by atoms with Crippen LogP contribution in [0.3, 0.4) is 0 Å². The number of hydrogen-bond donors (Lipinski definition) is 1. The molecule has 0 radical (unpaired) electrons. The minimum Gasteiger partial charge on any atom is -0.465 e. The Bertz CT molecular complexity index is 1170. The Kier molecular flexibility index (Phi) is 6.62. The Morgan fingerprint density at radius 3 is 2.57 bits per heavy atom. The third-order valence-corrected chi connectivity index (χ3v) is 7.11. The number of amides is 1. The van der Waals surface area contributed by atoms with Gasteiger partial charge in [0.05, 0.1) is 23.3 Å². The summed E-state index contributed by atoms with van der Waals surface area (Å²) in [5, 5.41) is 3.61. The van der Waals surface area contributed by atoms with E-state index in [0.29, 0.717) is 27.5 Å². The lowest BCUT2D eigenvalue weighted by Crippen LogP contribution is -2.31. The predicted octanol–water partition coefficient (Wildman–Crippen LogP) is 3.20. The Labute approximate surface area is 182 Å². The highest BCUT2D eigenvalue weighted by molar-refractivity contribution is 8.00. The molecule has 0 aliphatic rings. The highest BCUT2D eigenvalue weighted by Gasteiger charge is 2.20. The van der Waals surface area contributed by atoms with Gasteiger partial charge < -0.3 is 10.1 Å². The van der Waals surface area contributed by atoms with Crippen molar-refractivity contribution in [3.05, 3.63) is 56.2 Å². The molecule has 1 atom stereocenters. The molecule has 2 aromatic heterocycles. The maximum absolute atomic E-state index is 12.7. The summed E-state index contributed by atoms with van der Waals surface area (Å²) in [6.45, 7) is 6.01. The summed E-state index contributed by atoms with van der Waals surface area (Å²) >= 11 is 2.74. The van der Waals surface area contributed by atoms with Gasteiger partial charge in [-0.05, 0) is 44.0 Å². The molecule has 1 amide bonds. The van der Waals surface area contributed by atoms with Crippen molar-refractivity contribution in [1.29, 1.82) is 0 Å². The fourth-order valence-electron chi connectivity index (χ4n) is 2.88. The summed E-state index contributed by atoms with van der Waals surface area (Å²) < 4.78 is 6.18. The number of carbonyl (C=O) groups is 2. The molecular formula is C21H23N3O4S2. The first kappa shape index (κ1) is 22.0. The zero-order chi connectivity index (χ0) is 22.0. The number of nitrogens with zero attached hydrogens (tertiary/aromatic N) is 2. The van der Waals surface area contributed by atoms with Crippen LogP contribution in [0.5, 0.6) is 0 Å². The number of thiophene rings is 1. The van der Waals surface area contributed by atoms with Crippen molar-refractivity contribution < 1.29 is 14.3 Å². The fourth-order valence-corrected chi connectivity index (χ4v) is 4.85. The lowest BCUT2D eigenvalue weighted by atomic mass is 10.1. The molecule has 0 fully saturated rings. The number of benzene rings is 1. The fraction of sp³-hybridized carbons (Fsp3) is 0.333. The third kappa shape index (κ3) is 4.41. The van der Waals surface area contributed by atoms with Crippen molar-refractivity contribution in [3.63, 3.8) is 0 Å². The first-order valence-electron chi connectivity index (χ1n) is 9.31. The molecule has 0 spiro atoms. The van der Waals surface area contributed by atoms with E-state index in [1.54, 1.807) is 38.2 Å². The van der Waals surface area contributed by atoms with Crippen molar-refractivity contribution >= 4 is 45.2 Å². The number of methoxy groups -OCH3 is 1. The van der Waals surface area contributed by atoms with Gasteiger partial charge in [0.15, 0.2) is 5.16 Å². The molecule has 158 valence electrons. The van der Waals surface area contributed by atoms with Gasteiger partial charge in [-0.1, -0.05) is 23.9 Å². The van der Waals surface area contributed by atoms with Crippen LogP contribution in [0.1, 0.15) is 33.3 Å². The lowest BCUT2D eigenvalue weighted by molar-refractivity contribution is -0.120. The number of aromatic nitrogens is 2. The van der Waals surface area contributed by atoms with Gasteiger partial charge in [0, 0.05) is 18.5 Å². The summed E-state index contributed by atoms with van der Waals surface area (Å²) in [5.74, 6) is -0.563. The van der Waals surface area contributed by atoms with Crippen LogP contribution in [0, 0.1) is 13.8 Å². The van der Waals surface area contributed by atoms with Gasteiger partial charge in [0.1, 0.15) is 4.83 Å². The molecule has 0 aliphatic carbocycles. The quantitative estimate of drug-likeness (QED) is 0.356. The standard InChI is InChI=1S/C21H23N3O4S2/c1-11-12(2)29-18-16(11)19(26)24(4)21(23-18)30-13(3)17(25)22-10-14-6-8-15(9-7-14)20(27)28-5/h6-9,13H,10H2,1-5H3,(H,22,25). The van der Waals surface area contributed by atoms with E-state index in [1.807, 2.05) is 13.8 Å². The zero-order valence-corrected chi connectivity index (χ0v) is 19.1. The van der Waals surface area contributed by atoms with E-state index in [1.165, 1.54) is 34.8 Å². The molecule has 30 heavy (non-hydrogen) atoms. The number of fused-ring (bicyclic) bond motifs is 1. The third-order valence-electron chi connectivity index (χ3n) is 4.86. The molecule has 9 heteroatoms. The largest absolute Gasteiger partial charge is 0.465 e. The molecule has 1 unspecified atom stereocenters. The van der Waals surface area contributed by atoms with Gasteiger partial charge >= 0.3 is 5.97 Å². The Morgan fingerprint density at radius 1 is 1.27 bits per heavy atom. The predicted molar refractivity (Wildman–Crippen MR) is 119 cm³/mol. The van der Waals surface area contributed by atoms with E-state index in [0.717, 1.165) is 16.0 Å². The maximum Gasteiger partial charge on any atom is 0.337 e. The summed E-state index contributed by atoms with van der Waals surface area (Å²) in [6, 6.07) is 6.85. The molecule has 0 aliphatic heterocycles. The summed E-state index contributed by atoms with van der Waals surface area (Å²) in [4.78, 5) is 43.1. The molecule has 0 bridgehead atoms. The van der Waals surface area contributed by atoms with Crippen molar-refractivity contribution in [3.8, 4) is 0 Å². The molecule has 0 saturated carbocycles. The molecule has 7 nitrogen and oxygen atoms in total. The number of carbonyl (C=O) groups excluding carboxylic acids is 2. The summed E-state index contributed by atoms with van der Waals surface area (Å²) in [6.07, 6.45) is 0. The molecule has 0 saturated heterocycles. The van der Waals surface area contributed by atoms with Gasteiger partial charge in [0.25, 0.3) is 5.56 Å². The van der Waals surface area contributed by atoms with E-state index in [9.17, 15) is 14.4 Å². The number of nitrogens with one attached hydrogen (secondary N) is 1. The lowest BCUT2D eigenvalue weighted by Gasteiger charge is -2.13. The van der Waals surface area contributed by atoms with Crippen LogP contribution in [0.4, 0.5) is 0 Å². The van der Waals surface area contributed by atoms with E-state index >= 15 is 0 Å². The molecule has 3 aromatic rings. The second-order valence-electron chi connectivity index (χ2n) is 6.89. The van der Waals surface area contributed by atoms with Gasteiger partial charge in [-0.3, -0.25) is 14.2 Å². The average molecular weight is 446 g/mol. The number of rotatable bonds is 6. The van der Waals surface area contributed by atoms with Crippen LogP contribution in [0.2, 0.25) is 0 Å². The van der Waals surface area contributed by atoms with E-state index < -0.39 is 11.2 Å². The second-order valence-corrected chi connectivity index (χ2v) is 9.40. The van der Waals surface area contributed by atoms with Gasteiger partial charge in [-0.25, -0.2) is 9.78 Å². The summed E-state index contributed by atoms with van der Waals surface area (Å²) in [7, 11) is 3.01. The van der Waals surface area contributed by atoms with Gasteiger partial charge in [0.2, 0.25) is 5.91 Å². The highest BCUT2D eigenvalue weighted by Crippen LogP contribution is 2.29. The van der Waals surface area contributed by atoms with Crippen molar-refractivity contribution in [2.75, 3.05) is 7.11 Å². The smallest absolute Gasteiger partial charge is 0.337 e. The highest BCUT2D eigenvalue weighted by atomic mass is 32.2. The number of hydrogen-bond acceptors (Lipinski definition) is 7.